The number of nitrogens with zero attached hydrogens (tertiary/aromatic N) is 3. The van der Waals surface area contributed by atoms with Crippen LogP contribution < -0.4 is 5.73 Å². The molecule has 5 heteroatoms. The second-order valence-corrected chi connectivity index (χ2v) is 4.38. The van der Waals surface area contributed by atoms with E-state index in [0.29, 0.717) is 6.54 Å². The topological polar surface area (TPSA) is 65.4 Å². The van der Waals surface area contributed by atoms with Crippen molar-refractivity contribution in [3.05, 3.63) is 29.7 Å². The van der Waals surface area contributed by atoms with E-state index in [9.17, 15) is 0 Å². The molecule has 5 nitrogen and oxygen atoms in total. The van der Waals surface area contributed by atoms with Gasteiger partial charge in [-0.25, -0.2) is 0 Å². The van der Waals surface area contributed by atoms with Gasteiger partial charge in [-0.2, -0.15) is 0 Å². The van der Waals surface area contributed by atoms with Crippen LogP contribution in [0.15, 0.2) is 18.3 Å². The second-order valence-electron chi connectivity index (χ2n) is 4.38. The van der Waals surface area contributed by atoms with Gasteiger partial charge in [0.1, 0.15) is 6.10 Å². The minimum absolute atomic E-state index is 0.0757. The van der Waals surface area contributed by atoms with Crippen molar-refractivity contribution in [2.24, 2.45) is 5.73 Å². The lowest BCUT2D eigenvalue weighted by Crippen LogP contribution is -2.14. The number of pyridine rings is 1. The molecule has 3 heterocycles. The molecule has 90 valence electrons. The van der Waals surface area contributed by atoms with Crippen molar-refractivity contribution in [1.29, 1.82) is 0 Å². The van der Waals surface area contributed by atoms with Crippen LogP contribution in [0.2, 0.25) is 0 Å². The number of hydrogen-bond acceptors (Lipinski definition) is 4. The third-order valence-electron chi connectivity index (χ3n) is 3.19. The van der Waals surface area contributed by atoms with Crippen molar-refractivity contribution >= 4 is 5.65 Å². The van der Waals surface area contributed by atoms with Crippen molar-refractivity contribution in [1.82, 2.24) is 14.6 Å². The third-order valence-corrected chi connectivity index (χ3v) is 3.19. The Morgan fingerprint density at radius 1 is 1.35 bits per heavy atom. The maximum Gasteiger partial charge on any atom is 0.166 e. The van der Waals surface area contributed by atoms with E-state index in [0.717, 1.165) is 36.5 Å². The van der Waals surface area contributed by atoms with Gasteiger partial charge in [0.15, 0.2) is 11.5 Å². The lowest BCUT2D eigenvalue weighted by atomic mass is 10.1. The Labute approximate surface area is 99.6 Å². The van der Waals surface area contributed by atoms with Gasteiger partial charge in [-0.1, -0.05) is 6.07 Å². The van der Waals surface area contributed by atoms with Gasteiger partial charge in [0.05, 0.1) is 0 Å². The van der Waals surface area contributed by atoms with Crippen molar-refractivity contribution in [3.63, 3.8) is 0 Å². The van der Waals surface area contributed by atoms with Crippen LogP contribution in [0.1, 0.15) is 36.8 Å². The molecule has 2 N–H and O–H groups in total. The Bertz CT molecular complexity index is 516. The van der Waals surface area contributed by atoms with Gasteiger partial charge >= 0.3 is 0 Å². The Balaban J connectivity index is 2.02. The maximum absolute atomic E-state index is 5.75. The highest BCUT2D eigenvalue weighted by atomic mass is 16.5. The van der Waals surface area contributed by atoms with Gasteiger partial charge in [0.2, 0.25) is 0 Å². The summed E-state index contributed by atoms with van der Waals surface area (Å²) >= 11 is 0. The first kappa shape index (κ1) is 10.7. The molecule has 2 aromatic rings. The van der Waals surface area contributed by atoms with Crippen molar-refractivity contribution in [2.45, 2.75) is 31.9 Å². The first-order chi connectivity index (χ1) is 8.38. The van der Waals surface area contributed by atoms with Crippen LogP contribution in [0, 0.1) is 0 Å². The van der Waals surface area contributed by atoms with Crippen molar-refractivity contribution in [3.8, 4) is 0 Å². The van der Waals surface area contributed by atoms with Gasteiger partial charge < -0.3 is 10.5 Å². The summed E-state index contributed by atoms with van der Waals surface area (Å²) in [6.45, 7) is 1.34. The lowest BCUT2D eigenvalue weighted by Gasteiger charge is -2.20. The quantitative estimate of drug-likeness (QED) is 0.850. The molecule has 1 aliphatic heterocycles. The van der Waals surface area contributed by atoms with E-state index in [2.05, 4.69) is 10.2 Å². The van der Waals surface area contributed by atoms with E-state index in [1.54, 1.807) is 0 Å². The normalized spacial score (nSPS) is 20.9. The van der Waals surface area contributed by atoms with Crippen LogP contribution >= 0.6 is 0 Å². The number of ether oxygens (including phenoxy) is 1. The first-order valence-corrected chi connectivity index (χ1v) is 6.04. The molecular weight excluding hydrogens is 216 g/mol. The van der Waals surface area contributed by atoms with Crippen LogP contribution in [-0.2, 0) is 11.3 Å². The molecule has 0 radical (unpaired) electrons. The standard InChI is InChI=1S/C12H16N4O/c13-7-9-4-5-11-14-15-12(16(11)8-9)10-3-1-2-6-17-10/h4-5,8,10H,1-3,6-7,13H2. The Kier molecular flexibility index (Phi) is 2.78. The van der Waals surface area contributed by atoms with Crippen LogP contribution in [0.3, 0.4) is 0 Å². The van der Waals surface area contributed by atoms with Gasteiger partial charge in [-0.15, -0.1) is 10.2 Å². The third kappa shape index (κ3) is 1.92. The summed E-state index contributed by atoms with van der Waals surface area (Å²) in [6.07, 6.45) is 5.43. The summed E-state index contributed by atoms with van der Waals surface area (Å²) in [5.41, 5.74) is 7.58. The fraction of sp³-hybridized carbons (Fsp3) is 0.500. The minimum Gasteiger partial charge on any atom is -0.370 e. The summed E-state index contributed by atoms with van der Waals surface area (Å²) in [6, 6.07) is 3.93. The Hall–Kier alpha value is -1.46. The van der Waals surface area contributed by atoms with Crippen molar-refractivity contribution < 1.29 is 4.74 Å². The largest absolute Gasteiger partial charge is 0.370 e. The van der Waals surface area contributed by atoms with E-state index in [1.165, 1.54) is 6.42 Å². The fourth-order valence-corrected chi connectivity index (χ4v) is 2.24. The highest BCUT2D eigenvalue weighted by molar-refractivity contribution is 5.39. The van der Waals surface area contributed by atoms with Crippen LogP contribution in [-0.4, -0.2) is 21.2 Å². The summed E-state index contributed by atoms with van der Waals surface area (Å²) in [4.78, 5) is 0. The zero-order valence-corrected chi connectivity index (χ0v) is 9.67. The summed E-state index contributed by atoms with van der Waals surface area (Å²) in [5, 5.41) is 8.40. The number of fused-ring (bicyclic) bond motifs is 1. The predicted octanol–water partition coefficient (Wildman–Crippen LogP) is 1.43. The molecule has 0 amide bonds. The molecule has 2 aromatic heterocycles. The Morgan fingerprint density at radius 2 is 2.29 bits per heavy atom. The van der Waals surface area contributed by atoms with Crippen molar-refractivity contribution in [2.75, 3.05) is 6.61 Å². The maximum atomic E-state index is 5.75. The molecule has 1 atom stereocenters. The van der Waals surface area contributed by atoms with E-state index in [-0.39, 0.29) is 6.10 Å². The average molecular weight is 232 g/mol. The molecule has 1 aliphatic rings. The number of nitrogens with two attached hydrogens (primary N) is 1. The molecule has 0 aromatic carbocycles. The molecule has 0 saturated carbocycles. The highest BCUT2D eigenvalue weighted by Gasteiger charge is 2.21. The highest BCUT2D eigenvalue weighted by Crippen LogP contribution is 2.26. The van der Waals surface area contributed by atoms with E-state index >= 15 is 0 Å². The predicted molar refractivity (Wildman–Crippen MR) is 63.4 cm³/mol. The summed E-state index contributed by atoms with van der Waals surface area (Å²) in [7, 11) is 0. The number of hydrogen-bond donors (Lipinski definition) is 1. The monoisotopic (exact) mass is 232 g/mol. The van der Waals surface area contributed by atoms with E-state index < -0.39 is 0 Å². The van der Waals surface area contributed by atoms with Gasteiger partial charge in [0, 0.05) is 19.3 Å². The van der Waals surface area contributed by atoms with Crippen LogP contribution in [0.4, 0.5) is 0 Å². The van der Waals surface area contributed by atoms with Crippen LogP contribution in [0.25, 0.3) is 5.65 Å². The zero-order valence-electron chi connectivity index (χ0n) is 9.67. The van der Waals surface area contributed by atoms with Gasteiger partial charge in [-0.3, -0.25) is 4.40 Å². The molecule has 0 aliphatic carbocycles. The molecular formula is C12H16N4O. The fourth-order valence-electron chi connectivity index (χ4n) is 2.24. The zero-order chi connectivity index (χ0) is 11.7. The number of rotatable bonds is 2. The molecule has 3 rings (SSSR count). The number of aromatic nitrogens is 3. The van der Waals surface area contributed by atoms with Gasteiger partial charge in [-0.05, 0) is 30.9 Å². The van der Waals surface area contributed by atoms with E-state index in [4.69, 9.17) is 10.5 Å². The van der Waals surface area contributed by atoms with E-state index in [1.807, 2.05) is 22.7 Å². The molecule has 1 unspecified atom stereocenters. The second kappa shape index (κ2) is 4.43. The molecule has 0 spiro atoms. The molecule has 1 fully saturated rings. The molecule has 1 saturated heterocycles. The lowest BCUT2D eigenvalue weighted by molar-refractivity contribution is 0.00885. The first-order valence-electron chi connectivity index (χ1n) is 6.04. The summed E-state index contributed by atoms with van der Waals surface area (Å²) in [5.74, 6) is 0.898. The molecule has 0 bridgehead atoms. The average Bonchev–Trinajstić information content (AvgIpc) is 2.82. The SMILES string of the molecule is NCc1ccc2nnc(C3CCCCO3)n2c1. The van der Waals surface area contributed by atoms with Crippen LogP contribution in [0.5, 0.6) is 0 Å². The smallest absolute Gasteiger partial charge is 0.166 e. The summed E-state index contributed by atoms with van der Waals surface area (Å²) < 4.78 is 7.75. The van der Waals surface area contributed by atoms with Gasteiger partial charge in [0.25, 0.3) is 0 Å². The Morgan fingerprint density at radius 3 is 3.06 bits per heavy atom. The molecule has 17 heavy (non-hydrogen) atoms. The minimum atomic E-state index is 0.0757.